The lowest BCUT2D eigenvalue weighted by molar-refractivity contribution is 0.0695. The van der Waals surface area contributed by atoms with Crippen molar-refractivity contribution in [2.45, 2.75) is 0 Å². The maximum Gasteiger partial charge on any atom is 0.338 e. The van der Waals surface area contributed by atoms with E-state index < -0.39 is 12.6 Å². The SMILES string of the molecule is O=C(O)c1cnc(OCCF)nc1. The summed E-state index contributed by atoms with van der Waals surface area (Å²) in [4.78, 5) is 17.5. The van der Waals surface area contributed by atoms with Crippen molar-refractivity contribution in [3.63, 3.8) is 0 Å². The molecule has 0 saturated heterocycles. The summed E-state index contributed by atoms with van der Waals surface area (Å²) in [7, 11) is 0. The first-order valence-electron chi connectivity index (χ1n) is 3.48. The zero-order chi connectivity index (χ0) is 9.68. The molecule has 0 unspecified atom stereocenters. The van der Waals surface area contributed by atoms with Crippen LogP contribution >= 0.6 is 0 Å². The van der Waals surface area contributed by atoms with Gasteiger partial charge in [0.2, 0.25) is 0 Å². The number of ether oxygens (including phenoxy) is 1. The van der Waals surface area contributed by atoms with E-state index in [4.69, 9.17) is 9.84 Å². The summed E-state index contributed by atoms with van der Waals surface area (Å²) in [5, 5.41) is 8.47. The van der Waals surface area contributed by atoms with Crippen LogP contribution in [0.25, 0.3) is 0 Å². The van der Waals surface area contributed by atoms with E-state index >= 15 is 0 Å². The summed E-state index contributed by atoms with van der Waals surface area (Å²) in [6, 6.07) is -0.0253. The van der Waals surface area contributed by atoms with Crippen molar-refractivity contribution in [2.24, 2.45) is 0 Å². The minimum atomic E-state index is -1.11. The van der Waals surface area contributed by atoms with Crippen molar-refractivity contribution in [1.29, 1.82) is 0 Å². The first kappa shape index (κ1) is 9.37. The number of alkyl halides is 1. The highest BCUT2D eigenvalue weighted by atomic mass is 19.1. The minimum Gasteiger partial charge on any atom is -0.478 e. The number of hydrogen-bond donors (Lipinski definition) is 1. The van der Waals surface area contributed by atoms with Gasteiger partial charge in [-0.05, 0) is 0 Å². The Hall–Kier alpha value is -1.72. The molecule has 0 atom stereocenters. The Bertz CT molecular complexity index is 288. The fraction of sp³-hybridized carbons (Fsp3) is 0.286. The maximum absolute atomic E-state index is 11.6. The second-order valence-corrected chi connectivity index (χ2v) is 2.10. The van der Waals surface area contributed by atoms with Crippen molar-refractivity contribution < 1.29 is 19.0 Å². The molecule has 6 heteroatoms. The molecule has 0 aliphatic carbocycles. The molecule has 0 fully saturated rings. The highest BCUT2D eigenvalue weighted by molar-refractivity contribution is 5.86. The highest BCUT2D eigenvalue weighted by Crippen LogP contribution is 2.01. The lowest BCUT2D eigenvalue weighted by Crippen LogP contribution is -2.04. The molecular weight excluding hydrogens is 179 g/mol. The number of aromatic carboxylic acids is 1. The second kappa shape index (κ2) is 4.34. The minimum absolute atomic E-state index is 0.0253. The van der Waals surface area contributed by atoms with Crippen LogP contribution in [0, 0.1) is 0 Å². The van der Waals surface area contributed by atoms with Gasteiger partial charge < -0.3 is 9.84 Å². The molecule has 0 radical (unpaired) electrons. The third-order valence-corrected chi connectivity index (χ3v) is 1.18. The van der Waals surface area contributed by atoms with Crippen LogP contribution in [0.1, 0.15) is 10.4 Å². The Balaban J connectivity index is 2.64. The van der Waals surface area contributed by atoms with Crippen molar-refractivity contribution in [1.82, 2.24) is 9.97 Å². The van der Waals surface area contributed by atoms with Gasteiger partial charge >= 0.3 is 12.0 Å². The highest BCUT2D eigenvalue weighted by Gasteiger charge is 2.04. The Morgan fingerprint density at radius 1 is 1.54 bits per heavy atom. The summed E-state index contributed by atoms with van der Waals surface area (Å²) in [6.45, 7) is -0.767. The molecule has 0 aliphatic heterocycles. The third-order valence-electron chi connectivity index (χ3n) is 1.18. The first-order valence-corrected chi connectivity index (χ1v) is 3.48. The van der Waals surface area contributed by atoms with Gasteiger partial charge in [-0.25, -0.2) is 19.2 Å². The maximum atomic E-state index is 11.6. The zero-order valence-electron chi connectivity index (χ0n) is 6.61. The molecule has 0 spiro atoms. The molecule has 1 aromatic rings. The van der Waals surface area contributed by atoms with E-state index in [9.17, 15) is 9.18 Å². The third kappa shape index (κ3) is 2.66. The molecule has 1 N–H and O–H groups in total. The number of carbonyl (C=O) groups is 1. The lowest BCUT2D eigenvalue weighted by atomic mass is 10.4. The van der Waals surface area contributed by atoms with Crippen LogP contribution in [0.2, 0.25) is 0 Å². The van der Waals surface area contributed by atoms with Gasteiger partial charge in [-0.3, -0.25) is 0 Å². The predicted molar refractivity (Wildman–Crippen MR) is 40.5 cm³/mol. The molecule has 1 rings (SSSR count). The van der Waals surface area contributed by atoms with Crippen LogP contribution in [0.3, 0.4) is 0 Å². The van der Waals surface area contributed by atoms with Gasteiger partial charge in [0.1, 0.15) is 13.3 Å². The summed E-state index contributed by atoms with van der Waals surface area (Å²) in [5.74, 6) is -1.11. The summed E-state index contributed by atoms with van der Waals surface area (Å²) < 4.78 is 16.3. The van der Waals surface area contributed by atoms with Crippen molar-refractivity contribution in [2.75, 3.05) is 13.3 Å². The van der Waals surface area contributed by atoms with Crippen LogP contribution in [0.5, 0.6) is 6.01 Å². The van der Waals surface area contributed by atoms with Gasteiger partial charge in [0.25, 0.3) is 0 Å². The Labute approximate surface area is 73.2 Å². The van der Waals surface area contributed by atoms with Gasteiger partial charge in [-0.2, -0.15) is 0 Å². The number of carboxylic acids is 1. The van der Waals surface area contributed by atoms with Crippen molar-refractivity contribution in [3.05, 3.63) is 18.0 Å². The van der Waals surface area contributed by atoms with Crippen molar-refractivity contribution in [3.8, 4) is 6.01 Å². The lowest BCUT2D eigenvalue weighted by Gasteiger charge is -1.99. The van der Waals surface area contributed by atoms with Gasteiger partial charge in [0, 0.05) is 12.4 Å². The molecule has 1 aromatic heterocycles. The number of hydrogen-bond acceptors (Lipinski definition) is 4. The fourth-order valence-corrected chi connectivity index (χ4v) is 0.631. The molecule has 0 aromatic carbocycles. The van der Waals surface area contributed by atoms with Crippen LogP contribution < -0.4 is 4.74 Å². The van der Waals surface area contributed by atoms with E-state index in [0.717, 1.165) is 12.4 Å². The molecule has 5 nitrogen and oxygen atoms in total. The van der Waals surface area contributed by atoms with Gasteiger partial charge in [-0.1, -0.05) is 0 Å². The number of carboxylic acid groups (broad SMARTS) is 1. The molecule has 1 heterocycles. The topological polar surface area (TPSA) is 72.3 Å². The average molecular weight is 186 g/mol. The standard InChI is InChI=1S/C7H7FN2O3/c8-1-2-13-7-9-3-5(4-10-7)6(11)12/h3-4H,1-2H2,(H,11,12). The Morgan fingerprint density at radius 2 is 2.15 bits per heavy atom. The molecule has 0 bridgehead atoms. The normalized spacial score (nSPS) is 9.62. The van der Waals surface area contributed by atoms with Crippen molar-refractivity contribution >= 4 is 5.97 Å². The van der Waals surface area contributed by atoms with E-state index in [-0.39, 0.29) is 18.2 Å². The number of nitrogens with zero attached hydrogens (tertiary/aromatic N) is 2. The van der Waals surface area contributed by atoms with Gasteiger partial charge in [0.05, 0.1) is 5.56 Å². The van der Waals surface area contributed by atoms with E-state index in [2.05, 4.69) is 9.97 Å². The van der Waals surface area contributed by atoms with Crippen LogP contribution in [-0.4, -0.2) is 34.3 Å². The first-order chi connectivity index (χ1) is 6.24. The van der Waals surface area contributed by atoms with Crippen LogP contribution in [0.15, 0.2) is 12.4 Å². The smallest absolute Gasteiger partial charge is 0.338 e. The summed E-state index contributed by atoms with van der Waals surface area (Å²) in [5.41, 5.74) is -0.0346. The molecule has 0 aliphatic rings. The number of halogens is 1. The summed E-state index contributed by atoms with van der Waals surface area (Å²) >= 11 is 0. The van der Waals surface area contributed by atoms with Crippen LogP contribution in [-0.2, 0) is 0 Å². The monoisotopic (exact) mass is 186 g/mol. The van der Waals surface area contributed by atoms with Gasteiger partial charge in [0.15, 0.2) is 0 Å². The Morgan fingerprint density at radius 3 is 2.62 bits per heavy atom. The number of aromatic nitrogens is 2. The number of rotatable bonds is 4. The second-order valence-electron chi connectivity index (χ2n) is 2.10. The fourth-order valence-electron chi connectivity index (χ4n) is 0.631. The molecule has 70 valence electrons. The quantitative estimate of drug-likeness (QED) is 0.742. The molecule has 13 heavy (non-hydrogen) atoms. The average Bonchev–Trinajstić information content (AvgIpc) is 2.15. The largest absolute Gasteiger partial charge is 0.478 e. The molecular formula is C7H7FN2O3. The van der Waals surface area contributed by atoms with E-state index in [1.54, 1.807) is 0 Å². The molecule has 0 saturated carbocycles. The van der Waals surface area contributed by atoms with E-state index in [0.29, 0.717) is 0 Å². The zero-order valence-corrected chi connectivity index (χ0v) is 6.61. The predicted octanol–water partition coefficient (Wildman–Crippen LogP) is 0.523. The van der Waals surface area contributed by atoms with E-state index in [1.807, 2.05) is 0 Å². The molecule has 0 amide bonds. The Kier molecular flexibility index (Phi) is 3.13. The van der Waals surface area contributed by atoms with E-state index in [1.165, 1.54) is 0 Å². The van der Waals surface area contributed by atoms with Gasteiger partial charge in [-0.15, -0.1) is 0 Å². The van der Waals surface area contributed by atoms with Crippen LogP contribution in [0.4, 0.5) is 4.39 Å². The summed E-state index contributed by atoms with van der Waals surface area (Å²) in [6.07, 6.45) is 2.20.